The number of aromatic hydroxyl groups is 1. The highest BCUT2D eigenvalue weighted by Gasteiger charge is 2.19. The number of benzene rings is 2. The van der Waals surface area contributed by atoms with Crippen molar-refractivity contribution in [2.45, 2.75) is 13.0 Å². The van der Waals surface area contributed by atoms with Gasteiger partial charge in [0.25, 0.3) is 5.69 Å². The molecule has 1 atom stereocenters. The van der Waals surface area contributed by atoms with Gasteiger partial charge in [-0.15, -0.1) is 5.10 Å². The molecule has 7 nitrogen and oxygen atoms in total. The Balaban J connectivity index is 2.11. The van der Waals surface area contributed by atoms with Crippen LogP contribution >= 0.6 is 0 Å². The highest BCUT2D eigenvalue weighted by molar-refractivity contribution is 5.74. The second kappa shape index (κ2) is 4.86. The number of hydrogen-bond donors (Lipinski definition) is 1. The first-order chi connectivity index (χ1) is 10.1. The number of non-ortho nitro benzene ring substituents is 1. The quantitative estimate of drug-likeness (QED) is 0.589. The number of fused-ring (bicyclic) bond motifs is 1. The molecule has 1 aromatic heterocycles. The monoisotopic (exact) mass is 284 g/mol. The molecule has 0 amide bonds. The largest absolute Gasteiger partial charge is 0.508 e. The Morgan fingerprint density at radius 2 is 2.05 bits per heavy atom. The maximum Gasteiger partial charge on any atom is 0.270 e. The van der Waals surface area contributed by atoms with Gasteiger partial charge in [-0.05, 0) is 25.1 Å². The molecule has 2 aromatic carbocycles. The summed E-state index contributed by atoms with van der Waals surface area (Å²) in [6.07, 6.45) is 0. The second-order valence-corrected chi connectivity index (χ2v) is 4.70. The molecule has 21 heavy (non-hydrogen) atoms. The van der Waals surface area contributed by atoms with Crippen LogP contribution in [0.4, 0.5) is 5.69 Å². The van der Waals surface area contributed by atoms with Gasteiger partial charge in [-0.1, -0.05) is 17.3 Å². The number of hydrogen-bond acceptors (Lipinski definition) is 5. The minimum absolute atomic E-state index is 0.00678. The van der Waals surface area contributed by atoms with Crippen molar-refractivity contribution in [2.75, 3.05) is 0 Å². The maximum atomic E-state index is 10.9. The lowest BCUT2D eigenvalue weighted by atomic mass is 10.1. The SMILES string of the molecule is CC(c1cc([N+](=O)[O-])ccc1O)n1nnc2ccccc21. The summed E-state index contributed by atoms with van der Waals surface area (Å²) in [5.41, 5.74) is 1.89. The smallest absolute Gasteiger partial charge is 0.270 e. The molecule has 0 aliphatic rings. The van der Waals surface area contributed by atoms with E-state index in [4.69, 9.17) is 0 Å². The van der Waals surface area contributed by atoms with Crippen LogP contribution in [0, 0.1) is 10.1 Å². The van der Waals surface area contributed by atoms with Crippen molar-refractivity contribution in [3.8, 4) is 5.75 Å². The van der Waals surface area contributed by atoms with Crippen molar-refractivity contribution in [1.29, 1.82) is 0 Å². The zero-order valence-electron chi connectivity index (χ0n) is 11.2. The Hall–Kier alpha value is -2.96. The van der Waals surface area contributed by atoms with Crippen molar-refractivity contribution in [3.05, 3.63) is 58.1 Å². The molecule has 0 spiro atoms. The van der Waals surface area contributed by atoms with Crippen LogP contribution in [0.25, 0.3) is 11.0 Å². The summed E-state index contributed by atoms with van der Waals surface area (Å²) in [5, 5.41) is 29.0. The van der Waals surface area contributed by atoms with E-state index in [1.165, 1.54) is 18.2 Å². The molecular formula is C14H12N4O3. The summed E-state index contributed by atoms with van der Waals surface area (Å²) in [4.78, 5) is 10.4. The molecule has 0 bridgehead atoms. The van der Waals surface area contributed by atoms with E-state index >= 15 is 0 Å². The van der Waals surface area contributed by atoms with E-state index in [2.05, 4.69) is 10.3 Å². The molecule has 3 rings (SSSR count). The van der Waals surface area contributed by atoms with Crippen molar-refractivity contribution in [1.82, 2.24) is 15.0 Å². The Bertz CT molecular complexity index is 828. The number of rotatable bonds is 3. The lowest BCUT2D eigenvalue weighted by Gasteiger charge is -2.14. The predicted octanol–water partition coefficient (Wildman–Crippen LogP) is 2.65. The summed E-state index contributed by atoms with van der Waals surface area (Å²) in [5.74, 6) is -0.00678. The number of nitro groups is 1. The van der Waals surface area contributed by atoms with Gasteiger partial charge in [-0.2, -0.15) is 0 Å². The zero-order valence-corrected chi connectivity index (χ0v) is 11.2. The highest BCUT2D eigenvalue weighted by Crippen LogP contribution is 2.31. The number of para-hydroxylation sites is 1. The molecular weight excluding hydrogens is 272 g/mol. The number of phenolic OH excluding ortho intramolecular Hbond substituents is 1. The fourth-order valence-corrected chi connectivity index (χ4v) is 2.29. The second-order valence-electron chi connectivity index (χ2n) is 4.70. The Labute approximate surface area is 119 Å². The normalized spacial score (nSPS) is 12.4. The molecule has 7 heteroatoms. The Morgan fingerprint density at radius 3 is 2.81 bits per heavy atom. The fourth-order valence-electron chi connectivity index (χ4n) is 2.29. The summed E-state index contributed by atoms with van der Waals surface area (Å²) >= 11 is 0. The van der Waals surface area contributed by atoms with Crippen LogP contribution in [0.1, 0.15) is 18.5 Å². The fraction of sp³-hybridized carbons (Fsp3) is 0.143. The third-order valence-corrected chi connectivity index (χ3v) is 3.42. The van der Waals surface area contributed by atoms with Gasteiger partial charge < -0.3 is 5.11 Å². The molecule has 0 saturated carbocycles. The molecule has 3 aromatic rings. The van der Waals surface area contributed by atoms with Crippen LogP contribution < -0.4 is 0 Å². The van der Waals surface area contributed by atoms with E-state index in [1.807, 2.05) is 24.3 Å². The molecule has 0 aliphatic carbocycles. The van der Waals surface area contributed by atoms with Crippen molar-refractivity contribution >= 4 is 16.7 Å². The molecule has 0 saturated heterocycles. The number of nitrogens with zero attached hydrogens (tertiary/aromatic N) is 4. The molecule has 106 valence electrons. The van der Waals surface area contributed by atoms with Gasteiger partial charge in [-0.3, -0.25) is 10.1 Å². The van der Waals surface area contributed by atoms with Crippen molar-refractivity contribution < 1.29 is 10.0 Å². The standard InChI is InChI=1S/C14H12N4O3/c1-9(11-8-10(18(20)21)6-7-14(11)19)17-13-5-3-2-4-12(13)15-16-17/h2-9,19H,1H3. The highest BCUT2D eigenvalue weighted by atomic mass is 16.6. The number of phenols is 1. The first kappa shape index (κ1) is 13.0. The average molecular weight is 284 g/mol. The van der Waals surface area contributed by atoms with Crippen LogP contribution in [0.15, 0.2) is 42.5 Å². The van der Waals surface area contributed by atoms with Gasteiger partial charge >= 0.3 is 0 Å². The maximum absolute atomic E-state index is 10.9. The molecule has 0 radical (unpaired) electrons. The van der Waals surface area contributed by atoms with Gasteiger partial charge in [0.1, 0.15) is 11.3 Å². The summed E-state index contributed by atoms with van der Waals surface area (Å²) < 4.78 is 1.63. The van der Waals surface area contributed by atoms with Crippen LogP contribution in [0.5, 0.6) is 5.75 Å². The average Bonchev–Trinajstić information content (AvgIpc) is 2.90. The number of aromatic nitrogens is 3. The van der Waals surface area contributed by atoms with E-state index in [1.54, 1.807) is 11.6 Å². The molecule has 1 N–H and O–H groups in total. The third-order valence-electron chi connectivity index (χ3n) is 3.42. The van der Waals surface area contributed by atoms with Gasteiger partial charge in [0.2, 0.25) is 0 Å². The molecule has 1 unspecified atom stereocenters. The first-order valence-corrected chi connectivity index (χ1v) is 6.35. The molecule has 0 aliphatic heterocycles. The van der Waals surface area contributed by atoms with E-state index in [0.717, 1.165) is 11.0 Å². The Kier molecular flexibility index (Phi) is 3.02. The van der Waals surface area contributed by atoms with Crippen LogP contribution in [0.2, 0.25) is 0 Å². The van der Waals surface area contributed by atoms with E-state index in [0.29, 0.717) is 5.56 Å². The minimum Gasteiger partial charge on any atom is -0.508 e. The van der Waals surface area contributed by atoms with E-state index in [-0.39, 0.29) is 17.5 Å². The number of nitro benzene ring substituents is 1. The van der Waals surface area contributed by atoms with Crippen molar-refractivity contribution in [2.24, 2.45) is 0 Å². The summed E-state index contributed by atoms with van der Waals surface area (Å²) in [6.45, 7) is 1.81. The van der Waals surface area contributed by atoms with Gasteiger partial charge in [-0.25, -0.2) is 4.68 Å². The van der Waals surface area contributed by atoms with E-state index < -0.39 is 4.92 Å². The summed E-state index contributed by atoms with van der Waals surface area (Å²) in [7, 11) is 0. The van der Waals surface area contributed by atoms with Gasteiger partial charge in [0.05, 0.1) is 16.5 Å². The van der Waals surface area contributed by atoms with Crippen LogP contribution in [-0.2, 0) is 0 Å². The minimum atomic E-state index is -0.491. The topological polar surface area (TPSA) is 94.1 Å². The van der Waals surface area contributed by atoms with E-state index in [9.17, 15) is 15.2 Å². The predicted molar refractivity (Wildman–Crippen MR) is 76.1 cm³/mol. The van der Waals surface area contributed by atoms with Gasteiger partial charge in [0.15, 0.2) is 0 Å². The zero-order chi connectivity index (χ0) is 15.0. The lowest BCUT2D eigenvalue weighted by molar-refractivity contribution is -0.385. The Morgan fingerprint density at radius 1 is 1.29 bits per heavy atom. The van der Waals surface area contributed by atoms with Crippen LogP contribution in [-0.4, -0.2) is 25.0 Å². The van der Waals surface area contributed by atoms with Crippen molar-refractivity contribution in [3.63, 3.8) is 0 Å². The van der Waals surface area contributed by atoms with Gasteiger partial charge in [0, 0.05) is 17.7 Å². The molecule has 1 heterocycles. The third kappa shape index (κ3) is 2.18. The summed E-state index contributed by atoms with van der Waals surface area (Å²) in [6, 6.07) is 11.0. The molecule has 0 fully saturated rings. The lowest BCUT2D eigenvalue weighted by Crippen LogP contribution is -2.09. The van der Waals surface area contributed by atoms with Crippen LogP contribution in [0.3, 0.4) is 0 Å². The first-order valence-electron chi connectivity index (χ1n) is 6.35.